The SMILES string of the molecule is O=[N+]([O-])c1ccc(NS(=O)(=O)CCCF)cc1. The minimum Gasteiger partial charge on any atom is -0.284 e. The number of alkyl halides is 1. The van der Waals surface area contributed by atoms with Gasteiger partial charge in [0, 0.05) is 17.8 Å². The topological polar surface area (TPSA) is 89.3 Å². The second-order valence-electron chi connectivity index (χ2n) is 3.27. The average molecular weight is 262 g/mol. The molecule has 1 aromatic carbocycles. The van der Waals surface area contributed by atoms with Crippen molar-refractivity contribution in [2.24, 2.45) is 0 Å². The van der Waals surface area contributed by atoms with Gasteiger partial charge in [0.25, 0.3) is 5.69 Å². The van der Waals surface area contributed by atoms with Crippen molar-refractivity contribution in [2.75, 3.05) is 17.1 Å². The molecular weight excluding hydrogens is 251 g/mol. The van der Waals surface area contributed by atoms with Crippen molar-refractivity contribution < 1.29 is 17.7 Å². The van der Waals surface area contributed by atoms with Crippen LogP contribution in [0.2, 0.25) is 0 Å². The van der Waals surface area contributed by atoms with Gasteiger partial charge in [-0.25, -0.2) is 8.42 Å². The molecular formula is C9H11FN2O4S. The van der Waals surface area contributed by atoms with Crippen LogP contribution in [0.4, 0.5) is 15.8 Å². The van der Waals surface area contributed by atoms with Crippen LogP contribution >= 0.6 is 0 Å². The van der Waals surface area contributed by atoms with Crippen molar-refractivity contribution >= 4 is 21.4 Å². The second-order valence-corrected chi connectivity index (χ2v) is 5.11. The summed E-state index contributed by atoms with van der Waals surface area (Å²) in [7, 11) is -3.59. The predicted octanol–water partition coefficient (Wildman–Crippen LogP) is 1.70. The lowest BCUT2D eigenvalue weighted by Gasteiger charge is -2.06. The fourth-order valence-electron chi connectivity index (χ4n) is 1.13. The molecule has 0 unspecified atom stereocenters. The average Bonchev–Trinajstić information content (AvgIpc) is 2.26. The van der Waals surface area contributed by atoms with E-state index in [0.29, 0.717) is 0 Å². The number of nitrogens with one attached hydrogen (secondary N) is 1. The summed E-state index contributed by atoms with van der Waals surface area (Å²) >= 11 is 0. The van der Waals surface area contributed by atoms with Crippen LogP contribution in [0.3, 0.4) is 0 Å². The number of nitro benzene ring substituents is 1. The van der Waals surface area contributed by atoms with Crippen LogP contribution in [0.5, 0.6) is 0 Å². The maximum absolute atomic E-state index is 11.8. The summed E-state index contributed by atoms with van der Waals surface area (Å²) in [5.41, 5.74) is 0.0890. The van der Waals surface area contributed by atoms with E-state index in [0.717, 1.165) is 0 Å². The molecule has 0 aliphatic heterocycles. The molecule has 17 heavy (non-hydrogen) atoms. The number of rotatable bonds is 6. The lowest BCUT2D eigenvalue weighted by Crippen LogP contribution is -2.16. The standard InChI is InChI=1S/C9H11FN2O4S/c10-6-1-7-17(15,16)11-8-2-4-9(5-3-8)12(13)14/h2-5,11H,1,6-7H2. The Labute approximate surface area is 97.7 Å². The molecule has 8 heteroatoms. The highest BCUT2D eigenvalue weighted by Crippen LogP contribution is 2.16. The van der Waals surface area contributed by atoms with Gasteiger partial charge in [0.05, 0.1) is 17.4 Å². The Bertz CT molecular complexity index is 486. The molecule has 0 spiro atoms. The van der Waals surface area contributed by atoms with Gasteiger partial charge in [-0.1, -0.05) is 0 Å². The normalized spacial score (nSPS) is 11.1. The molecule has 1 rings (SSSR count). The van der Waals surface area contributed by atoms with Crippen LogP contribution in [-0.4, -0.2) is 25.8 Å². The number of nitro groups is 1. The Balaban J connectivity index is 2.72. The number of hydrogen-bond acceptors (Lipinski definition) is 4. The first-order valence-electron chi connectivity index (χ1n) is 4.75. The molecule has 0 saturated carbocycles. The largest absolute Gasteiger partial charge is 0.284 e. The molecule has 0 saturated heterocycles. The third-order valence-electron chi connectivity index (χ3n) is 1.90. The summed E-state index contributed by atoms with van der Waals surface area (Å²) in [6.07, 6.45) is -0.0810. The molecule has 0 fully saturated rings. The molecule has 0 heterocycles. The summed E-state index contributed by atoms with van der Waals surface area (Å²) in [5.74, 6) is -0.319. The Morgan fingerprint density at radius 2 is 1.88 bits per heavy atom. The smallest absolute Gasteiger partial charge is 0.269 e. The third-order valence-corrected chi connectivity index (χ3v) is 3.27. The van der Waals surface area contributed by atoms with Crippen LogP contribution in [0.15, 0.2) is 24.3 Å². The first kappa shape index (κ1) is 13.4. The number of halogens is 1. The van der Waals surface area contributed by atoms with Gasteiger partial charge >= 0.3 is 0 Å². The van der Waals surface area contributed by atoms with Crippen LogP contribution in [0, 0.1) is 10.1 Å². The summed E-state index contributed by atoms with van der Waals surface area (Å²) in [6, 6.07) is 4.94. The number of benzene rings is 1. The summed E-state index contributed by atoms with van der Waals surface area (Å²) in [6.45, 7) is -0.707. The van der Waals surface area contributed by atoms with Crippen molar-refractivity contribution in [3.05, 3.63) is 34.4 Å². The van der Waals surface area contributed by atoms with E-state index in [1.54, 1.807) is 0 Å². The van der Waals surface area contributed by atoms with E-state index in [9.17, 15) is 22.9 Å². The van der Waals surface area contributed by atoms with E-state index in [1.807, 2.05) is 0 Å². The van der Waals surface area contributed by atoms with Crippen molar-refractivity contribution in [1.82, 2.24) is 0 Å². The zero-order valence-electron chi connectivity index (χ0n) is 8.80. The van der Waals surface area contributed by atoms with Crippen molar-refractivity contribution in [3.8, 4) is 0 Å². The maximum atomic E-state index is 11.8. The van der Waals surface area contributed by atoms with E-state index in [1.165, 1.54) is 24.3 Å². The quantitative estimate of drug-likeness (QED) is 0.624. The number of sulfonamides is 1. The van der Waals surface area contributed by atoms with Gasteiger partial charge in [0.15, 0.2) is 0 Å². The number of anilines is 1. The molecule has 94 valence electrons. The van der Waals surface area contributed by atoms with Gasteiger partial charge in [0.2, 0.25) is 10.0 Å². The molecule has 0 bridgehead atoms. The summed E-state index contributed by atoms with van der Waals surface area (Å²) < 4.78 is 36.8. The maximum Gasteiger partial charge on any atom is 0.269 e. The lowest BCUT2D eigenvalue weighted by atomic mass is 10.3. The fraction of sp³-hybridized carbons (Fsp3) is 0.333. The van der Waals surface area contributed by atoms with Gasteiger partial charge in [0.1, 0.15) is 0 Å². The zero-order chi connectivity index (χ0) is 12.9. The van der Waals surface area contributed by atoms with Gasteiger partial charge < -0.3 is 0 Å². The summed E-state index contributed by atoms with van der Waals surface area (Å²) in [4.78, 5) is 9.78. The number of non-ortho nitro benzene ring substituents is 1. The van der Waals surface area contributed by atoms with E-state index in [2.05, 4.69) is 4.72 Å². The van der Waals surface area contributed by atoms with Crippen LogP contribution < -0.4 is 4.72 Å². The highest BCUT2D eigenvalue weighted by atomic mass is 32.2. The zero-order valence-corrected chi connectivity index (χ0v) is 9.61. The highest BCUT2D eigenvalue weighted by Gasteiger charge is 2.11. The van der Waals surface area contributed by atoms with Crippen molar-refractivity contribution in [2.45, 2.75) is 6.42 Å². The molecule has 0 atom stereocenters. The summed E-state index contributed by atoms with van der Waals surface area (Å²) in [5, 5.41) is 10.4. The van der Waals surface area contributed by atoms with Gasteiger partial charge in [-0.3, -0.25) is 19.2 Å². The van der Waals surface area contributed by atoms with E-state index < -0.39 is 21.6 Å². The predicted molar refractivity (Wildman–Crippen MR) is 61.1 cm³/mol. The number of nitrogens with zero attached hydrogens (tertiary/aromatic N) is 1. The molecule has 0 aliphatic carbocycles. The minimum atomic E-state index is -3.59. The molecule has 0 radical (unpaired) electrons. The molecule has 0 amide bonds. The molecule has 1 N–H and O–H groups in total. The van der Waals surface area contributed by atoms with Gasteiger partial charge in [-0.15, -0.1) is 0 Å². The van der Waals surface area contributed by atoms with Crippen LogP contribution in [0.25, 0.3) is 0 Å². The van der Waals surface area contributed by atoms with Gasteiger partial charge in [-0.2, -0.15) is 0 Å². The van der Waals surface area contributed by atoms with Gasteiger partial charge in [-0.05, 0) is 18.6 Å². The lowest BCUT2D eigenvalue weighted by molar-refractivity contribution is -0.384. The third kappa shape index (κ3) is 4.35. The van der Waals surface area contributed by atoms with Crippen molar-refractivity contribution in [3.63, 3.8) is 0 Å². The molecule has 0 aliphatic rings. The Morgan fingerprint density at radius 3 is 2.35 bits per heavy atom. The van der Waals surface area contributed by atoms with Crippen molar-refractivity contribution in [1.29, 1.82) is 0 Å². The molecule has 1 aromatic rings. The highest BCUT2D eigenvalue weighted by molar-refractivity contribution is 7.92. The second kappa shape index (κ2) is 5.58. The van der Waals surface area contributed by atoms with Crippen LogP contribution in [0.1, 0.15) is 6.42 Å². The molecule has 6 nitrogen and oxygen atoms in total. The monoisotopic (exact) mass is 262 g/mol. The van der Waals surface area contributed by atoms with Crippen LogP contribution in [-0.2, 0) is 10.0 Å². The van der Waals surface area contributed by atoms with E-state index >= 15 is 0 Å². The Kier molecular flexibility index (Phi) is 4.38. The minimum absolute atomic E-state index is 0.0810. The van der Waals surface area contributed by atoms with E-state index in [-0.39, 0.29) is 23.5 Å². The Hall–Kier alpha value is -1.70. The number of hydrogen-bond donors (Lipinski definition) is 1. The van der Waals surface area contributed by atoms with E-state index in [4.69, 9.17) is 0 Å². The Morgan fingerprint density at radius 1 is 1.29 bits per heavy atom. The first-order chi connectivity index (χ1) is 7.94. The molecule has 0 aromatic heterocycles. The first-order valence-corrected chi connectivity index (χ1v) is 6.41. The fourth-order valence-corrected chi connectivity index (χ4v) is 2.21.